The van der Waals surface area contributed by atoms with Crippen LogP contribution in [0.2, 0.25) is 0 Å². The van der Waals surface area contributed by atoms with Crippen LogP contribution in [-0.2, 0) is 24.2 Å². The molecule has 0 amide bonds. The highest BCUT2D eigenvalue weighted by Gasteiger charge is 2.49. The molecule has 348 valence electrons. The highest BCUT2D eigenvalue weighted by Crippen LogP contribution is 2.41. The van der Waals surface area contributed by atoms with Crippen molar-refractivity contribution in [2.75, 3.05) is 111 Å². The number of nitrogens with zero attached hydrogens (tertiary/aromatic N) is 5. The summed E-state index contributed by atoms with van der Waals surface area (Å²) in [5, 5.41) is 27.4. The number of alkyl halides is 6. The van der Waals surface area contributed by atoms with E-state index >= 15 is 4.39 Å². The number of halogens is 7. The van der Waals surface area contributed by atoms with Crippen LogP contribution in [0.25, 0.3) is 10.1 Å². The molecule has 1 N–H and O–H groups in total. The zero-order valence-electron chi connectivity index (χ0n) is 33.5. The number of quaternary nitrogens is 3. The van der Waals surface area contributed by atoms with Gasteiger partial charge in [0.2, 0.25) is 0 Å². The van der Waals surface area contributed by atoms with Gasteiger partial charge in [-0.25, -0.2) is 17.5 Å². The molecule has 4 bridgehead atoms. The Morgan fingerprint density at radius 1 is 0.825 bits per heavy atom. The summed E-state index contributed by atoms with van der Waals surface area (Å²) in [4.78, 5) is 32.6. The molecule has 1 atom stereocenters. The SMILES string of the molecule is N#Cc1c(OCC[N+]23CC[N+](CCC[N+]45CCN(CC4)CC5)(CC2)CC3)ccc2sc(S(=O)(=O)NCP(=O)([O-])Oc3ccccc3)c(F)c12.O=C([O-])C(F)(F)F.O=C([O-])C(F)(F)F. The average Bonchev–Trinajstić information content (AvgIpc) is 3.58. The van der Waals surface area contributed by atoms with Crippen LogP contribution in [0.1, 0.15) is 12.0 Å². The first-order valence-electron chi connectivity index (χ1n) is 19.5. The van der Waals surface area contributed by atoms with E-state index in [1.165, 1.54) is 106 Å². The number of fused-ring (bicyclic) bond motifs is 7. The minimum Gasteiger partial charge on any atom is -0.768 e. The number of para-hydroxylation sites is 1. The molecule has 1 aromatic heterocycles. The zero-order chi connectivity index (χ0) is 46.5. The summed E-state index contributed by atoms with van der Waals surface area (Å²) in [6.45, 7) is 18.3. The quantitative estimate of drug-likeness (QED) is 0.136. The molecule has 16 nitrogen and oxygen atoms in total. The first-order valence-corrected chi connectivity index (χ1v) is 23.5. The third-order valence-corrected chi connectivity index (χ3v) is 16.2. The summed E-state index contributed by atoms with van der Waals surface area (Å²) in [5.74, 6) is -6.90. The van der Waals surface area contributed by atoms with Crippen molar-refractivity contribution in [3.8, 4) is 17.6 Å². The molecule has 1 unspecified atom stereocenters. The number of carbonyl (C=O) groups is 2. The number of thiophene rings is 1. The van der Waals surface area contributed by atoms with Crippen molar-refractivity contribution >= 4 is 51.0 Å². The number of sulfonamides is 1. The van der Waals surface area contributed by atoms with Crippen LogP contribution < -0.4 is 29.1 Å². The molecule has 0 spiro atoms. The van der Waals surface area contributed by atoms with Crippen LogP contribution in [0, 0.1) is 17.1 Å². The van der Waals surface area contributed by atoms with E-state index in [0.717, 1.165) is 30.7 Å². The number of hydrogen-bond acceptors (Lipinski definition) is 13. The van der Waals surface area contributed by atoms with E-state index in [-0.39, 0.29) is 27.1 Å². The molecule has 2 aromatic carbocycles. The highest BCUT2D eigenvalue weighted by atomic mass is 32.2. The van der Waals surface area contributed by atoms with Crippen molar-refractivity contribution in [2.24, 2.45) is 0 Å². The lowest BCUT2D eigenvalue weighted by molar-refractivity contribution is -1.08. The minimum absolute atomic E-state index is 0.0291. The Morgan fingerprint density at radius 2 is 1.30 bits per heavy atom. The third kappa shape index (κ3) is 12.8. The smallest absolute Gasteiger partial charge is 0.430 e. The Bertz CT molecular complexity index is 2260. The van der Waals surface area contributed by atoms with Gasteiger partial charge in [0.1, 0.15) is 87.5 Å². The largest absolute Gasteiger partial charge is 0.768 e. The summed E-state index contributed by atoms with van der Waals surface area (Å²) < 4.78 is 133. The van der Waals surface area contributed by atoms with Gasteiger partial charge >= 0.3 is 12.4 Å². The molecular formula is C37H44F7N6O10PS2. The van der Waals surface area contributed by atoms with Crippen molar-refractivity contribution in [1.29, 1.82) is 5.26 Å². The molecule has 7 heterocycles. The van der Waals surface area contributed by atoms with Crippen molar-refractivity contribution in [2.45, 2.75) is 23.0 Å². The van der Waals surface area contributed by atoms with Crippen LogP contribution >= 0.6 is 18.9 Å². The van der Waals surface area contributed by atoms with E-state index < -0.39 is 58.2 Å². The fraction of sp³-hybridized carbons (Fsp3) is 0.541. The Balaban J connectivity index is 0.000000463. The maximum Gasteiger partial charge on any atom is 0.430 e. The second kappa shape index (κ2) is 19.5. The van der Waals surface area contributed by atoms with Gasteiger partial charge in [0, 0.05) is 30.8 Å². The van der Waals surface area contributed by atoms with Gasteiger partial charge in [-0.15, -0.1) is 11.3 Å². The van der Waals surface area contributed by atoms with Crippen molar-refractivity contribution < 1.29 is 91.1 Å². The standard InChI is InChI=1S/C33H44FN6O6PS2.2C2HF3O2/c34-32-31-28(25-35)29(7-8-30(31)48-33(32)49(43,44)36-26-47(41,42)46-27-5-2-1-3-6-27)45-24-23-40-20-17-39(18-21-40,19-22-40)13-4-12-38-14-9-37(10-15-38)11-16-38;2*3-2(4,5)1(6)7/h1-3,5-8,36H,4,9-24,26H2;2*(H,6,7)/q+2;;/p-2. The Labute approximate surface area is 361 Å². The molecule has 6 aliphatic heterocycles. The summed E-state index contributed by atoms with van der Waals surface area (Å²) in [6, 6.07) is 12.8. The van der Waals surface area contributed by atoms with Gasteiger partial charge in [0.15, 0.2) is 17.6 Å². The monoisotopic (exact) mass is 960 g/mol. The van der Waals surface area contributed by atoms with Gasteiger partial charge in [-0.05, 0) is 24.3 Å². The summed E-state index contributed by atoms with van der Waals surface area (Å²) in [5.41, 5.74) is -0.0795. The number of benzene rings is 2. The van der Waals surface area contributed by atoms with E-state index in [2.05, 4.69) is 4.90 Å². The highest BCUT2D eigenvalue weighted by molar-refractivity contribution is 7.92. The normalized spacial score (nSPS) is 25.1. The lowest BCUT2D eigenvalue weighted by Crippen LogP contribution is -2.75. The van der Waals surface area contributed by atoms with Gasteiger partial charge < -0.3 is 47.4 Å². The fourth-order valence-electron chi connectivity index (χ4n) is 8.19. The molecule has 6 saturated heterocycles. The Hall–Kier alpha value is -4.12. The van der Waals surface area contributed by atoms with Gasteiger partial charge in [-0.1, -0.05) is 18.2 Å². The molecule has 0 aliphatic carbocycles. The maximum atomic E-state index is 15.7. The summed E-state index contributed by atoms with van der Waals surface area (Å²) in [6.07, 6.45) is -10.2. The number of nitriles is 1. The van der Waals surface area contributed by atoms with Gasteiger partial charge in [0.05, 0.1) is 44.4 Å². The van der Waals surface area contributed by atoms with Gasteiger partial charge in [0.25, 0.3) is 10.0 Å². The van der Waals surface area contributed by atoms with E-state index in [9.17, 15) is 49.5 Å². The number of carboxylic acids is 2. The Morgan fingerprint density at radius 3 is 1.78 bits per heavy atom. The average molecular weight is 961 g/mol. The van der Waals surface area contributed by atoms with E-state index in [0.29, 0.717) is 17.9 Å². The first-order chi connectivity index (χ1) is 29.3. The molecule has 63 heavy (non-hydrogen) atoms. The number of piperazine rings is 6. The first kappa shape index (κ1) is 49.9. The predicted molar refractivity (Wildman–Crippen MR) is 204 cm³/mol. The second-order valence-corrected chi connectivity index (χ2v) is 20.5. The molecule has 6 fully saturated rings. The molecule has 0 radical (unpaired) electrons. The van der Waals surface area contributed by atoms with Crippen LogP contribution in [0.3, 0.4) is 0 Å². The number of ether oxygens (including phenoxy) is 1. The molecule has 9 rings (SSSR count). The summed E-state index contributed by atoms with van der Waals surface area (Å²) >= 11 is 0.622. The van der Waals surface area contributed by atoms with E-state index in [4.69, 9.17) is 29.1 Å². The van der Waals surface area contributed by atoms with Crippen LogP contribution in [0.15, 0.2) is 46.7 Å². The van der Waals surface area contributed by atoms with E-state index in [1.807, 2.05) is 10.8 Å². The lowest BCUT2D eigenvalue weighted by Gasteiger charge is -2.56. The van der Waals surface area contributed by atoms with Crippen LogP contribution in [-0.4, -0.2) is 162 Å². The zero-order valence-corrected chi connectivity index (χ0v) is 36.0. The number of carboxylic acid groups (broad SMARTS) is 2. The predicted octanol–water partition coefficient (Wildman–Crippen LogP) is 0.953. The molecular weight excluding hydrogens is 917 g/mol. The lowest BCUT2D eigenvalue weighted by atomic mass is 10.1. The minimum atomic E-state index is -5.19. The molecule has 6 aliphatic rings. The Kier molecular flexibility index (Phi) is 15.5. The maximum absolute atomic E-state index is 15.7. The van der Waals surface area contributed by atoms with Gasteiger partial charge in [-0.3, -0.25) is 9.46 Å². The number of aliphatic carboxylic acids is 2. The topological polar surface area (TPSA) is 212 Å². The number of carbonyl (C=O) groups excluding carboxylic acids is 2. The van der Waals surface area contributed by atoms with Crippen LogP contribution in [0.4, 0.5) is 30.7 Å². The number of nitrogens with one attached hydrogen (secondary N) is 1. The molecule has 3 aromatic rings. The van der Waals surface area contributed by atoms with Crippen molar-refractivity contribution in [1.82, 2.24) is 9.62 Å². The molecule has 26 heteroatoms. The van der Waals surface area contributed by atoms with Crippen molar-refractivity contribution in [3.63, 3.8) is 0 Å². The van der Waals surface area contributed by atoms with Crippen LogP contribution in [0.5, 0.6) is 11.5 Å². The second-order valence-electron chi connectivity index (χ2n) is 15.8. The number of rotatable bonds is 14. The number of hydrogen-bond donors (Lipinski definition) is 1. The molecule has 0 saturated carbocycles. The van der Waals surface area contributed by atoms with Crippen molar-refractivity contribution in [3.05, 3.63) is 53.8 Å². The van der Waals surface area contributed by atoms with E-state index in [1.54, 1.807) is 24.3 Å². The summed E-state index contributed by atoms with van der Waals surface area (Å²) in [7, 11) is -9.28. The van der Waals surface area contributed by atoms with Gasteiger partial charge in [-0.2, -0.15) is 31.6 Å². The third-order valence-electron chi connectivity index (χ3n) is 11.9. The fourth-order valence-corrected chi connectivity index (χ4v) is 12.2.